The van der Waals surface area contributed by atoms with Gasteiger partial charge >= 0.3 is 0 Å². The third-order valence-electron chi connectivity index (χ3n) is 2.89. The molecule has 19 heavy (non-hydrogen) atoms. The second kappa shape index (κ2) is 4.97. The van der Waals surface area contributed by atoms with E-state index in [1.807, 2.05) is 18.2 Å². The molecule has 0 atom stereocenters. The lowest BCUT2D eigenvalue weighted by Gasteiger charge is -2.09. The molecule has 1 N–H and O–H groups in total. The smallest absolute Gasteiger partial charge is 0.231 e. The quantitative estimate of drug-likeness (QED) is 0.926. The number of nitrogens with one attached hydrogen (secondary N) is 1. The van der Waals surface area contributed by atoms with Crippen LogP contribution >= 0.6 is 11.6 Å². The van der Waals surface area contributed by atoms with Gasteiger partial charge in [-0.15, -0.1) is 0 Å². The van der Waals surface area contributed by atoms with Gasteiger partial charge in [0, 0.05) is 18.3 Å². The molecule has 1 heterocycles. The highest BCUT2D eigenvalue weighted by Gasteiger charge is 2.13. The molecule has 2 aromatic rings. The lowest BCUT2D eigenvalue weighted by Crippen LogP contribution is -2.00. The number of hydrogen-bond donors (Lipinski definition) is 1. The average Bonchev–Trinajstić information content (AvgIpc) is 2.88. The summed E-state index contributed by atoms with van der Waals surface area (Å²) in [6.07, 6.45) is 0. The Morgan fingerprint density at radius 1 is 1.16 bits per heavy atom. The van der Waals surface area contributed by atoms with Crippen molar-refractivity contribution in [3.8, 4) is 11.5 Å². The summed E-state index contributed by atoms with van der Waals surface area (Å²) in [5.41, 5.74) is 1.57. The van der Waals surface area contributed by atoms with Crippen molar-refractivity contribution < 1.29 is 13.9 Å². The Labute approximate surface area is 114 Å². The standard InChI is InChI=1S/C14H11ClFNO2/c15-14-9(2-1-3-11(14)16)7-17-10-4-5-12-13(6-10)19-8-18-12/h1-6,17H,7-8H2. The first-order valence-corrected chi connectivity index (χ1v) is 6.18. The van der Waals surface area contributed by atoms with E-state index in [1.54, 1.807) is 12.1 Å². The van der Waals surface area contributed by atoms with E-state index in [-0.39, 0.29) is 11.8 Å². The molecule has 0 radical (unpaired) electrons. The molecule has 0 saturated heterocycles. The largest absolute Gasteiger partial charge is 0.454 e. The fraction of sp³-hybridized carbons (Fsp3) is 0.143. The van der Waals surface area contributed by atoms with Crippen LogP contribution in [-0.2, 0) is 6.54 Å². The highest BCUT2D eigenvalue weighted by atomic mass is 35.5. The number of anilines is 1. The van der Waals surface area contributed by atoms with Gasteiger partial charge in [-0.1, -0.05) is 23.7 Å². The minimum atomic E-state index is -0.411. The van der Waals surface area contributed by atoms with E-state index in [1.165, 1.54) is 6.07 Å². The number of ether oxygens (including phenoxy) is 2. The molecular formula is C14H11ClFNO2. The lowest BCUT2D eigenvalue weighted by atomic mass is 10.2. The van der Waals surface area contributed by atoms with Crippen LogP contribution in [0.25, 0.3) is 0 Å². The maximum absolute atomic E-state index is 13.3. The van der Waals surface area contributed by atoms with Crippen LogP contribution in [0.3, 0.4) is 0 Å². The van der Waals surface area contributed by atoms with Gasteiger partial charge in [-0.3, -0.25) is 0 Å². The number of hydrogen-bond acceptors (Lipinski definition) is 3. The summed E-state index contributed by atoms with van der Waals surface area (Å²) >= 11 is 5.89. The first-order chi connectivity index (χ1) is 9.24. The van der Waals surface area contributed by atoms with E-state index in [9.17, 15) is 4.39 Å². The predicted molar refractivity (Wildman–Crippen MR) is 71.3 cm³/mol. The van der Waals surface area contributed by atoms with Gasteiger partial charge in [0.1, 0.15) is 5.82 Å². The molecule has 2 aromatic carbocycles. The van der Waals surface area contributed by atoms with E-state index < -0.39 is 5.82 Å². The van der Waals surface area contributed by atoms with Crippen LogP contribution in [0.15, 0.2) is 36.4 Å². The van der Waals surface area contributed by atoms with Crippen LogP contribution in [0.2, 0.25) is 5.02 Å². The van der Waals surface area contributed by atoms with E-state index in [4.69, 9.17) is 21.1 Å². The number of rotatable bonds is 3. The zero-order valence-electron chi connectivity index (χ0n) is 9.95. The first kappa shape index (κ1) is 12.1. The highest BCUT2D eigenvalue weighted by molar-refractivity contribution is 6.31. The minimum absolute atomic E-state index is 0.149. The fourth-order valence-corrected chi connectivity index (χ4v) is 2.08. The topological polar surface area (TPSA) is 30.5 Å². The molecule has 1 aliphatic heterocycles. The zero-order valence-corrected chi connectivity index (χ0v) is 10.7. The molecular weight excluding hydrogens is 269 g/mol. The predicted octanol–water partition coefficient (Wildman–Crippen LogP) is 3.82. The van der Waals surface area contributed by atoms with Crippen molar-refractivity contribution in [3.05, 3.63) is 52.8 Å². The summed E-state index contributed by atoms with van der Waals surface area (Å²) in [5.74, 6) is 1.02. The van der Waals surface area contributed by atoms with Crippen molar-refractivity contribution >= 4 is 17.3 Å². The zero-order chi connectivity index (χ0) is 13.2. The SMILES string of the molecule is Fc1cccc(CNc2ccc3c(c2)OCO3)c1Cl. The van der Waals surface area contributed by atoms with Crippen LogP contribution in [-0.4, -0.2) is 6.79 Å². The third-order valence-corrected chi connectivity index (χ3v) is 3.31. The van der Waals surface area contributed by atoms with Crippen molar-refractivity contribution in [1.82, 2.24) is 0 Å². The van der Waals surface area contributed by atoms with Crippen LogP contribution in [0, 0.1) is 5.82 Å². The maximum Gasteiger partial charge on any atom is 0.231 e. The molecule has 1 aliphatic rings. The Hall–Kier alpha value is -1.94. The summed E-state index contributed by atoms with van der Waals surface area (Å²) in [6.45, 7) is 0.685. The summed E-state index contributed by atoms with van der Waals surface area (Å²) in [6, 6.07) is 10.3. The Morgan fingerprint density at radius 3 is 2.89 bits per heavy atom. The van der Waals surface area contributed by atoms with E-state index in [2.05, 4.69) is 5.32 Å². The molecule has 0 bridgehead atoms. The molecule has 3 nitrogen and oxygen atoms in total. The van der Waals surface area contributed by atoms with Gasteiger partial charge in [0.25, 0.3) is 0 Å². The molecule has 98 valence electrons. The molecule has 3 rings (SSSR count). The Morgan fingerprint density at radius 2 is 2.00 bits per heavy atom. The van der Waals surface area contributed by atoms with Gasteiger partial charge in [0.05, 0.1) is 5.02 Å². The highest BCUT2D eigenvalue weighted by Crippen LogP contribution is 2.34. The van der Waals surface area contributed by atoms with Gasteiger partial charge in [-0.05, 0) is 23.8 Å². The molecule has 0 spiro atoms. The maximum atomic E-state index is 13.3. The average molecular weight is 280 g/mol. The Bertz CT molecular complexity index is 618. The van der Waals surface area contributed by atoms with Crippen molar-refractivity contribution in [1.29, 1.82) is 0 Å². The normalized spacial score (nSPS) is 12.5. The van der Waals surface area contributed by atoms with Gasteiger partial charge in [-0.2, -0.15) is 0 Å². The first-order valence-electron chi connectivity index (χ1n) is 5.80. The molecule has 0 aliphatic carbocycles. The molecule has 0 fully saturated rings. The Kier molecular flexibility index (Phi) is 3.17. The molecule has 0 unspecified atom stereocenters. The number of halogens is 2. The second-order valence-electron chi connectivity index (χ2n) is 4.13. The van der Waals surface area contributed by atoms with Gasteiger partial charge in [0.2, 0.25) is 6.79 Å². The second-order valence-corrected chi connectivity index (χ2v) is 4.51. The lowest BCUT2D eigenvalue weighted by molar-refractivity contribution is 0.174. The van der Waals surface area contributed by atoms with Crippen molar-refractivity contribution in [2.45, 2.75) is 6.54 Å². The van der Waals surface area contributed by atoms with E-state index in [0.29, 0.717) is 17.9 Å². The van der Waals surface area contributed by atoms with Crippen molar-refractivity contribution in [2.75, 3.05) is 12.1 Å². The third kappa shape index (κ3) is 2.44. The number of fused-ring (bicyclic) bond motifs is 1. The van der Waals surface area contributed by atoms with Gasteiger partial charge < -0.3 is 14.8 Å². The fourth-order valence-electron chi connectivity index (χ4n) is 1.89. The molecule has 5 heteroatoms. The molecule has 0 saturated carbocycles. The van der Waals surface area contributed by atoms with Gasteiger partial charge in [0.15, 0.2) is 11.5 Å². The summed E-state index contributed by atoms with van der Waals surface area (Å²) in [5, 5.41) is 3.32. The van der Waals surface area contributed by atoms with Crippen LogP contribution in [0.1, 0.15) is 5.56 Å². The number of benzene rings is 2. The van der Waals surface area contributed by atoms with Crippen LogP contribution in [0.5, 0.6) is 11.5 Å². The van der Waals surface area contributed by atoms with Crippen LogP contribution in [0.4, 0.5) is 10.1 Å². The van der Waals surface area contributed by atoms with Gasteiger partial charge in [-0.25, -0.2) is 4.39 Å². The summed E-state index contributed by atoms with van der Waals surface area (Å²) in [4.78, 5) is 0. The monoisotopic (exact) mass is 279 g/mol. The van der Waals surface area contributed by atoms with Crippen LogP contribution < -0.4 is 14.8 Å². The minimum Gasteiger partial charge on any atom is -0.454 e. The van der Waals surface area contributed by atoms with Crippen molar-refractivity contribution in [3.63, 3.8) is 0 Å². The summed E-state index contributed by atoms with van der Waals surface area (Å²) < 4.78 is 23.8. The van der Waals surface area contributed by atoms with E-state index in [0.717, 1.165) is 11.4 Å². The van der Waals surface area contributed by atoms with Crippen molar-refractivity contribution in [2.24, 2.45) is 0 Å². The molecule has 0 amide bonds. The Balaban J connectivity index is 1.74. The van der Waals surface area contributed by atoms with E-state index >= 15 is 0 Å². The summed E-state index contributed by atoms with van der Waals surface area (Å²) in [7, 11) is 0. The molecule has 0 aromatic heterocycles.